The van der Waals surface area contributed by atoms with E-state index in [1.54, 1.807) is 19.2 Å². The molecule has 7 nitrogen and oxygen atoms in total. The number of hydrogen-bond acceptors (Lipinski definition) is 6. The Hall–Kier alpha value is -3.39. The number of anilines is 1. The normalized spacial score (nSPS) is 19.8. The van der Waals surface area contributed by atoms with Gasteiger partial charge in [0.25, 0.3) is 5.56 Å². The first-order valence-electron chi connectivity index (χ1n) is 10.9. The average Bonchev–Trinajstić information content (AvgIpc) is 2.82. The number of hydrogen-bond donors (Lipinski definition) is 0. The first-order valence-corrected chi connectivity index (χ1v) is 11.3. The number of piperazine rings is 1. The molecule has 3 atom stereocenters. The van der Waals surface area contributed by atoms with Crippen LogP contribution in [0.2, 0.25) is 5.02 Å². The molecule has 8 heteroatoms. The number of nitriles is 2. The van der Waals surface area contributed by atoms with Crippen molar-refractivity contribution >= 4 is 28.3 Å². The van der Waals surface area contributed by atoms with E-state index in [0.717, 1.165) is 6.54 Å². The van der Waals surface area contributed by atoms with Crippen LogP contribution in [0.15, 0.2) is 41.2 Å². The second-order valence-corrected chi connectivity index (χ2v) is 9.09. The molecule has 168 valence electrons. The van der Waals surface area contributed by atoms with Gasteiger partial charge in [-0.05, 0) is 50.6 Å². The first kappa shape index (κ1) is 22.8. The van der Waals surface area contributed by atoms with Crippen LogP contribution in [-0.2, 0) is 7.05 Å². The number of aryl methyl sites for hydroxylation is 1. The molecule has 0 radical (unpaired) electrons. The van der Waals surface area contributed by atoms with Crippen LogP contribution >= 0.6 is 11.6 Å². The quantitative estimate of drug-likeness (QED) is 0.587. The number of aromatic nitrogens is 2. The van der Waals surface area contributed by atoms with E-state index in [2.05, 4.69) is 47.7 Å². The fraction of sp³-hybridized carbons (Fsp3) is 0.360. The summed E-state index contributed by atoms with van der Waals surface area (Å²) in [4.78, 5) is 22.0. The maximum absolute atomic E-state index is 13.0. The third-order valence-electron chi connectivity index (χ3n) is 6.61. The van der Waals surface area contributed by atoms with Gasteiger partial charge >= 0.3 is 0 Å². The highest BCUT2D eigenvalue weighted by molar-refractivity contribution is 6.30. The van der Waals surface area contributed by atoms with Gasteiger partial charge in [-0.2, -0.15) is 10.5 Å². The van der Waals surface area contributed by atoms with Gasteiger partial charge in [0, 0.05) is 43.3 Å². The molecule has 1 aromatic carbocycles. The van der Waals surface area contributed by atoms with Crippen LogP contribution in [0.3, 0.4) is 0 Å². The molecule has 3 heterocycles. The zero-order valence-electron chi connectivity index (χ0n) is 19.1. The lowest BCUT2D eigenvalue weighted by atomic mass is 9.99. The Kier molecular flexibility index (Phi) is 6.12. The molecule has 1 fully saturated rings. The number of pyridine rings is 2. The smallest absolute Gasteiger partial charge is 0.270 e. The molecular weight excluding hydrogens is 436 g/mol. The second kappa shape index (κ2) is 8.86. The van der Waals surface area contributed by atoms with Crippen molar-refractivity contribution in [3.8, 4) is 12.1 Å². The highest BCUT2D eigenvalue weighted by Gasteiger charge is 2.35. The predicted octanol–water partition coefficient (Wildman–Crippen LogP) is 3.99. The van der Waals surface area contributed by atoms with E-state index in [1.807, 2.05) is 24.3 Å². The molecule has 0 bridgehead atoms. The van der Waals surface area contributed by atoms with Crippen molar-refractivity contribution < 1.29 is 0 Å². The molecule has 0 saturated carbocycles. The van der Waals surface area contributed by atoms with Gasteiger partial charge in [0.15, 0.2) is 0 Å². The van der Waals surface area contributed by atoms with Crippen molar-refractivity contribution in [3.05, 3.63) is 68.6 Å². The highest BCUT2D eigenvalue weighted by Crippen LogP contribution is 2.34. The minimum Gasteiger partial charge on any atom is -0.363 e. The lowest BCUT2D eigenvalue weighted by Crippen LogP contribution is -2.57. The number of halogens is 1. The summed E-state index contributed by atoms with van der Waals surface area (Å²) < 4.78 is 1.43. The van der Waals surface area contributed by atoms with Crippen LogP contribution < -0.4 is 10.5 Å². The molecule has 1 aliphatic heterocycles. The highest BCUT2D eigenvalue weighted by atomic mass is 35.5. The van der Waals surface area contributed by atoms with Crippen LogP contribution in [0.4, 0.5) is 5.69 Å². The maximum atomic E-state index is 13.0. The minimum absolute atomic E-state index is 0.0194. The van der Waals surface area contributed by atoms with Crippen LogP contribution in [0, 0.1) is 22.7 Å². The van der Waals surface area contributed by atoms with Crippen LogP contribution in [-0.4, -0.2) is 39.6 Å². The van der Waals surface area contributed by atoms with E-state index in [4.69, 9.17) is 11.6 Å². The third kappa shape index (κ3) is 3.95. The molecule has 2 aromatic heterocycles. The molecule has 0 N–H and O–H groups in total. The Morgan fingerprint density at radius 1 is 1.06 bits per heavy atom. The standard InChI is InChI=1S/C25H25ClN6O/c1-15-14-32(16(2)13-31(15)17(3)18-5-7-19(26)8-6-18)24-21(12-28)25(33)30(4)22-10-9-20(11-27)29-23(22)24/h5-10,15-17H,13-14H2,1-4H3/t15?,16-,17?/m0/s1. The molecule has 0 amide bonds. The Balaban J connectivity index is 1.78. The summed E-state index contributed by atoms with van der Waals surface area (Å²) in [7, 11) is 1.63. The maximum Gasteiger partial charge on any atom is 0.270 e. The SMILES string of the molecule is CC1CN(c2c(C#N)c(=O)n(C)c3ccc(C#N)nc23)[C@@H](C)CN1C(C)c1ccc(Cl)cc1. The van der Waals surface area contributed by atoms with E-state index >= 15 is 0 Å². The Bertz CT molecular complexity index is 1350. The number of nitrogens with zero attached hydrogens (tertiary/aromatic N) is 6. The van der Waals surface area contributed by atoms with Gasteiger partial charge in [-0.25, -0.2) is 4.98 Å². The van der Waals surface area contributed by atoms with E-state index in [9.17, 15) is 15.3 Å². The van der Waals surface area contributed by atoms with Crippen molar-refractivity contribution in [2.24, 2.45) is 7.05 Å². The van der Waals surface area contributed by atoms with Gasteiger partial charge in [0.2, 0.25) is 0 Å². The molecule has 3 aromatic rings. The molecule has 33 heavy (non-hydrogen) atoms. The Labute approximate surface area is 198 Å². The topological polar surface area (TPSA) is 88.9 Å². The Morgan fingerprint density at radius 3 is 2.39 bits per heavy atom. The summed E-state index contributed by atoms with van der Waals surface area (Å²) in [6.07, 6.45) is 0. The van der Waals surface area contributed by atoms with Crippen molar-refractivity contribution in [1.82, 2.24) is 14.5 Å². The minimum atomic E-state index is -0.358. The molecule has 2 unspecified atom stereocenters. The van der Waals surface area contributed by atoms with E-state index in [-0.39, 0.29) is 34.9 Å². The van der Waals surface area contributed by atoms with Crippen LogP contribution in [0.25, 0.3) is 11.0 Å². The second-order valence-electron chi connectivity index (χ2n) is 8.65. The van der Waals surface area contributed by atoms with E-state index in [0.29, 0.717) is 28.3 Å². The molecule has 1 aliphatic rings. The molecular formula is C25H25ClN6O. The Morgan fingerprint density at radius 2 is 1.76 bits per heavy atom. The monoisotopic (exact) mass is 460 g/mol. The summed E-state index contributed by atoms with van der Waals surface area (Å²) in [5, 5.41) is 20.0. The largest absolute Gasteiger partial charge is 0.363 e. The molecule has 0 aliphatic carbocycles. The van der Waals surface area contributed by atoms with Crippen molar-refractivity contribution in [2.45, 2.75) is 38.9 Å². The van der Waals surface area contributed by atoms with Gasteiger partial charge in [-0.15, -0.1) is 0 Å². The molecule has 1 saturated heterocycles. The third-order valence-corrected chi connectivity index (χ3v) is 6.86. The lowest BCUT2D eigenvalue weighted by molar-refractivity contribution is 0.119. The molecule has 4 rings (SSSR count). The summed E-state index contributed by atoms with van der Waals surface area (Å²) in [6, 6.07) is 15.7. The first-order chi connectivity index (χ1) is 15.8. The lowest BCUT2D eigenvalue weighted by Gasteiger charge is -2.48. The fourth-order valence-electron chi connectivity index (χ4n) is 4.77. The van der Waals surface area contributed by atoms with Gasteiger partial charge < -0.3 is 9.47 Å². The van der Waals surface area contributed by atoms with Crippen LogP contribution in [0.1, 0.15) is 43.6 Å². The van der Waals surface area contributed by atoms with Gasteiger partial charge in [-0.3, -0.25) is 9.69 Å². The summed E-state index contributed by atoms with van der Waals surface area (Å²) in [5.74, 6) is 0. The summed E-state index contributed by atoms with van der Waals surface area (Å²) in [5.41, 5.74) is 2.77. The average molecular weight is 461 g/mol. The number of rotatable bonds is 3. The predicted molar refractivity (Wildman–Crippen MR) is 129 cm³/mol. The summed E-state index contributed by atoms with van der Waals surface area (Å²) in [6.45, 7) is 7.77. The summed E-state index contributed by atoms with van der Waals surface area (Å²) >= 11 is 6.06. The number of fused-ring (bicyclic) bond motifs is 1. The fourth-order valence-corrected chi connectivity index (χ4v) is 4.90. The van der Waals surface area contributed by atoms with Crippen LogP contribution in [0.5, 0.6) is 0 Å². The van der Waals surface area contributed by atoms with Gasteiger partial charge in [0.1, 0.15) is 28.9 Å². The van der Waals surface area contributed by atoms with Crippen molar-refractivity contribution in [1.29, 1.82) is 10.5 Å². The van der Waals surface area contributed by atoms with E-state index in [1.165, 1.54) is 10.1 Å². The van der Waals surface area contributed by atoms with Gasteiger partial charge in [0.05, 0.1) is 11.2 Å². The van der Waals surface area contributed by atoms with Crippen molar-refractivity contribution in [2.75, 3.05) is 18.0 Å². The molecule has 0 spiro atoms. The zero-order valence-corrected chi connectivity index (χ0v) is 19.8. The van der Waals surface area contributed by atoms with Crippen molar-refractivity contribution in [3.63, 3.8) is 0 Å². The van der Waals surface area contributed by atoms with E-state index < -0.39 is 0 Å². The zero-order chi connectivity index (χ0) is 23.9. The van der Waals surface area contributed by atoms with Gasteiger partial charge in [-0.1, -0.05) is 23.7 Å². The number of benzene rings is 1.